The summed E-state index contributed by atoms with van der Waals surface area (Å²) in [4.78, 5) is 37.4. The van der Waals surface area contributed by atoms with Crippen LogP contribution in [0.3, 0.4) is 0 Å². The van der Waals surface area contributed by atoms with Crippen LogP contribution in [0.1, 0.15) is 271 Å². The molecule has 0 saturated carbocycles. The summed E-state index contributed by atoms with van der Waals surface area (Å²) in [7, 11) is 5.92. The summed E-state index contributed by atoms with van der Waals surface area (Å²) in [5.74, 6) is -2.30. The SMILES string of the molecule is CC/C=C\C/C=C\C/C=C\C/C=C\C/C=C\C/C=C\C/C=C\C/C=C\CCCCCCCCCCCCCCCCCCC(=O)OC(COC(=O)CCCCCCCC/C=C\C/C=C\C/C=C\CCCCC)COC(OCC[N+](C)(C)C)C(=O)[O-]. The van der Waals surface area contributed by atoms with Crippen LogP contribution in [0.2, 0.25) is 0 Å². The van der Waals surface area contributed by atoms with Gasteiger partial charge in [-0.2, -0.15) is 0 Å². The molecule has 0 fully saturated rings. The number of rotatable bonds is 62. The zero-order chi connectivity index (χ0) is 61.9. The Morgan fingerprint density at radius 1 is 0.365 bits per heavy atom. The lowest BCUT2D eigenvalue weighted by molar-refractivity contribution is -0.870. The van der Waals surface area contributed by atoms with Gasteiger partial charge in [-0.25, -0.2) is 0 Å². The summed E-state index contributed by atoms with van der Waals surface area (Å²) >= 11 is 0. The van der Waals surface area contributed by atoms with Crippen molar-refractivity contribution in [3.05, 3.63) is 134 Å². The molecule has 9 nitrogen and oxygen atoms in total. The molecule has 0 aromatic carbocycles. The van der Waals surface area contributed by atoms with Crippen LogP contribution in [0.5, 0.6) is 0 Å². The average molecular weight is 1180 g/mol. The van der Waals surface area contributed by atoms with Gasteiger partial charge in [0, 0.05) is 12.8 Å². The molecule has 85 heavy (non-hydrogen) atoms. The topological polar surface area (TPSA) is 111 Å². The maximum atomic E-state index is 12.9. The number of quaternary nitrogens is 1. The second-order valence-electron chi connectivity index (χ2n) is 23.7. The predicted octanol–water partition coefficient (Wildman–Crippen LogP) is 20.0. The lowest BCUT2D eigenvalue weighted by atomic mass is 10.0. The summed E-state index contributed by atoms with van der Waals surface area (Å²) in [6.45, 7) is 4.59. The molecule has 0 radical (unpaired) electrons. The van der Waals surface area contributed by atoms with E-state index in [1.807, 2.05) is 21.1 Å². The molecule has 2 unspecified atom stereocenters. The third-order valence-corrected chi connectivity index (χ3v) is 14.4. The lowest BCUT2D eigenvalue weighted by Gasteiger charge is -2.26. The van der Waals surface area contributed by atoms with Gasteiger partial charge in [0.1, 0.15) is 13.2 Å². The monoisotopic (exact) mass is 1180 g/mol. The van der Waals surface area contributed by atoms with Gasteiger partial charge in [-0.15, -0.1) is 0 Å². The van der Waals surface area contributed by atoms with Gasteiger partial charge in [0.15, 0.2) is 12.4 Å². The van der Waals surface area contributed by atoms with Crippen molar-refractivity contribution in [2.75, 3.05) is 47.5 Å². The van der Waals surface area contributed by atoms with Crippen LogP contribution in [0, 0.1) is 0 Å². The van der Waals surface area contributed by atoms with Gasteiger partial charge < -0.3 is 33.3 Å². The molecule has 0 bridgehead atoms. The van der Waals surface area contributed by atoms with Gasteiger partial charge in [-0.05, 0) is 116 Å². The number of carbonyl (C=O) groups excluding carboxylic acids is 3. The highest BCUT2D eigenvalue weighted by Crippen LogP contribution is 2.16. The van der Waals surface area contributed by atoms with Gasteiger partial charge in [0.25, 0.3) is 0 Å². The molecule has 2 atom stereocenters. The summed E-state index contributed by atoms with van der Waals surface area (Å²) in [6.07, 6.45) is 91.0. The van der Waals surface area contributed by atoms with E-state index in [1.165, 1.54) is 122 Å². The molecule has 484 valence electrons. The molecule has 0 saturated heterocycles. The number of aliphatic carboxylic acids is 1. The summed E-state index contributed by atoms with van der Waals surface area (Å²) in [6, 6.07) is 0. The first-order valence-electron chi connectivity index (χ1n) is 34.3. The van der Waals surface area contributed by atoms with E-state index < -0.39 is 24.3 Å². The quantitative estimate of drug-likeness (QED) is 0.0195. The van der Waals surface area contributed by atoms with Crippen molar-refractivity contribution in [1.82, 2.24) is 0 Å². The molecule has 0 N–H and O–H groups in total. The number of hydrogen-bond donors (Lipinski definition) is 0. The van der Waals surface area contributed by atoms with Crippen molar-refractivity contribution >= 4 is 17.9 Å². The number of esters is 2. The van der Waals surface area contributed by atoms with Crippen molar-refractivity contribution < 1.29 is 42.9 Å². The molecule has 9 heteroatoms. The number of nitrogens with zero attached hydrogens (tertiary/aromatic N) is 1. The first kappa shape index (κ1) is 80.4. The van der Waals surface area contributed by atoms with E-state index in [1.54, 1.807) is 0 Å². The van der Waals surface area contributed by atoms with Crippen molar-refractivity contribution in [2.24, 2.45) is 0 Å². The molecular weight excluding hydrogens is 1050 g/mol. The van der Waals surface area contributed by atoms with E-state index in [0.717, 1.165) is 116 Å². The summed E-state index contributed by atoms with van der Waals surface area (Å²) in [5, 5.41) is 11.8. The van der Waals surface area contributed by atoms with Crippen molar-refractivity contribution in [3.8, 4) is 0 Å². The Labute approximate surface area is 522 Å². The van der Waals surface area contributed by atoms with Crippen LogP contribution in [0.15, 0.2) is 134 Å². The van der Waals surface area contributed by atoms with Crippen LogP contribution < -0.4 is 5.11 Å². The number of carboxylic acid groups (broad SMARTS) is 1. The smallest absolute Gasteiger partial charge is 0.306 e. The number of ether oxygens (including phenoxy) is 4. The van der Waals surface area contributed by atoms with E-state index in [-0.39, 0.29) is 38.6 Å². The summed E-state index contributed by atoms with van der Waals surface area (Å²) in [5.41, 5.74) is 0. The third kappa shape index (κ3) is 66.8. The third-order valence-electron chi connectivity index (χ3n) is 14.4. The number of likely N-dealkylation sites (N-methyl/N-ethyl adjacent to an activating group) is 1. The molecule has 0 aliphatic heterocycles. The van der Waals surface area contributed by atoms with Crippen LogP contribution in [0.4, 0.5) is 0 Å². The van der Waals surface area contributed by atoms with E-state index >= 15 is 0 Å². The Hall–Kier alpha value is -4.57. The van der Waals surface area contributed by atoms with Crippen LogP contribution in [-0.2, 0) is 33.3 Å². The molecule has 0 aliphatic carbocycles. The highest BCUT2D eigenvalue weighted by atomic mass is 16.7. The van der Waals surface area contributed by atoms with Gasteiger partial charge in [0.2, 0.25) is 0 Å². The normalized spacial score (nSPS) is 13.6. The fraction of sp³-hybridized carbons (Fsp3) is 0.671. The van der Waals surface area contributed by atoms with Gasteiger partial charge in [0.05, 0.1) is 40.3 Å². The summed E-state index contributed by atoms with van der Waals surface area (Å²) < 4.78 is 22.7. The molecule has 0 spiro atoms. The Morgan fingerprint density at radius 2 is 0.671 bits per heavy atom. The fourth-order valence-electron chi connectivity index (χ4n) is 9.15. The first-order valence-corrected chi connectivity index (χ1v) is 34.3. The van der Waals surface area contributed by atoms with E-state index in [0.29, 0.717) is 17.4 Å². The number of carboxylic acids is 1. The van der Waals surface area contributed by atoms with Crippen LogP contribution in [-0.4, -0.2) is 82.3 Å². The van der Waals surface area contributed by atoms with Crippen LogP contribution >= 0.6 is 0 Å². The largest absolute Gasteiger partial charge is 0.545 e. The highest BCUT2D eigenvalue weighted by molar-refractivity contribution is 5.70. The maximum Gasteiger partial charge on any atom is 0.306 e. The Balaban J connectivity index is 4.08. The minimum Gasteiger partial charge on any atom is -0.545 e. The average Bonchev–Trinajstić information content (AvgIpc) is 3.49. The predicted molar refractivity (Wildman–Crippen MR) is 361 cm³/mol. The van der Waals surface area contributed by atoms with Crippen LogP contribution in [0.25, 0.3) is 0 Å². The van der Waals surface area contributed by atoms with Gasteiger partial charge in [-0.1, -0.05) is 276 Å². The van der Waals surface area contributed by atoms with Crippen molar-refractivity contribution in [2.45, 2.75) is 283 Å². The number of allylic oxidation sites excluding steroid dienone is 22. The van der Waals surface area contributed by atoms with E-state index in [2.05, 4.69) is 148 Å². The molecular formula is C76H127NO8. The van der Waals surface area contributed by atoms with Crippen molar-refractivity contribution in [3.63, 3.8) is 0 Å². The zero-order valence-corrected chi connectivity index (χ0v) is 55.2. The Bertz CT molecular complexity index is 1860. The fourth-order valence-corrected chi connectivity index (χ4v) is 9.15. The molecule has 0 aromatic heterocycles. The van der Waals surface area contributed by atoms with Gasteiger partial charge in [-0.3, -0.25) is 9.59 Å². The lowest BCUT2D eigenvalue weighted by Crippen LogP contribution is -2.44. The maximum absolute atomic E-state index is 12.9. The standard InChI is InChI=1S/C76H127NO8/c1-6-8-10-12-14-16-18-20-22-24-26-27-28-29-30-31-32-33-34-35-36-37-38-39-40-41-42-43-44-45-46-47-49-51-53-55-57-59-61-63-65-67-74(79)85-72(71-84-76(75(80)81)82-69-68-77(3,4)5)70-83-73(78)66-64-62-60-58-56-54-52-50-48-25-23-21-19-17-15-13-11-9-7-2/h8,10,14-17,20-23,26-27,29-30,32-33,35-36,38-39,48,50,72,76H,6-7,9,11-13,18-19,24-25,28,31,34,37,40-47,49,51-71H2,1-5H3/b10-8-,16-14-,17-15-,22-20-,23-21-,27-26-,30-29-,33-32-,36-35-,39-38-,50-48-. The van der Waals surface area contributed by atoms with E-state index in [9.17, 15) is 19.5 Å². The van der Waals surface area contributed by atoms with Gasteiger partial charge >= 0.3 is 11.9 Å². The second-order valence-corrected chi connectivity index (χ2v) is 23.7. The number of carbonyl (C=O) groups is 3. The molecule has 0 aromatic rings. The highest BCUT2D eigenvalue weighted by Gasteiger charge is 2.22. The zero-order valence-electron chi connectivity index (χ0n) is 55.2. The molecule has 0 heterocycles. The Morgan fingerprint density at radius 3 is 1.00 bits per heavy atom. The van der Waals surface area contributed by atoms with E-state index in [4.69, 9.17) is 18.9 Å². The Kier molecular flexibility index (Phi) is 61.9. The molecule has 0 amide bonds. The second kappa shape index (κ2) is 65.4. The first-order chi connectivity index (χ1) is 41.6. The number of unbranched alkanes of at least 4 members (excludes halogenated alkanes) is 25. The molecule has 0 rings (SSSR count). The molecule has 0 aliphatic rings. The number of hydrogen-bond acceptors (Lipinski definition) is 8. The van der Waals surface area contributed by atoms with Crippen molar-refractivity contribution in [1.29, 1.82) is 0 Å². The minimum atomic E-state index is -1.63. The minimum absolute atomic E-state index is 0.141.